The Kier molecular flexibility index (Phi) is 4.19. The van der Waals surface area contributed by atoms with E-state index in [0.717, 1.165) is 18.4 Å². The van der Waals surface area contributed by atoms with E-state index in [4.69, 9.17) is 10.5 Å². The number of carbonyl (C=O) groups excluding carboxylic acids is 1. The quantitative estimate of drug-likeness (QED) is 0.871. The van der Waals surface area contributed by atoms with Crippen molar-refractivity contribution in [1.29, 1.82) is 0 Å². The Labute approximate surface area is 130 Å². The molecule has 1 aromatic carbocycles. The van der Waals surface area contributed by atoms with E-state index in [1.165, 1.54) is 6.07 Å². The molecule has 1 saturated heterocycles. The Hall–Kier alpha value is -1.46. The molecule has 2 fully saturated rings. The molecular weight excluding hydrogens is 283 g/mol. The summed E-state index contributed by atoms with van der Waals surface area (Å²) < 4.78 is 18.8. The van der Waals surface area contributed by atoms with Gasteiger partial charge in [0.15, 0.2) is 0 Å². The zero-order chi connectivity index (χ0) is 15.6. The maximum atomic E-state index is 13.4. The number of ether oxygens (including phenoxy) is 1. The third-order valence-corrected chi connectivity index (χ3v) is 5.20. The van der Waals surface area contributed by atoms with E-state index in [-0.39, 0.29) is 17.1 Å². The second-order valence-electron chi connectivity index (χ2n) is 6.57. The Morgan fingerprint density at radius 2 is 2.00 bits per heavy atom. The van der Waals surface area contributed by atoms with E-state index < -0.39 is 5.41 Å². The number of benzene rings is 1. The van der Waals surface area contributed by atoms with Gasteiger partial charge in [-0.3, -0.25) is 4.79 Å². The fourth-order valence-electron chi connectivity index (χ4n) is 3.26. The molecule has 1 aliphatic carbocycles. The predicted molar refractivity (Wildman–Crippen MR) is 81.9 cm³/mol. The Balaban J connectivity index is 1.65. The molecule has 3 rings (SSSR count). The summed E-state index contributed by atoms with van der Waals surface area (Å²) in [5, 5.41) is 3.07. The zero-order valence-electron chi connectivity index (χ0n) is 12.7. The molecule has 4 nitrogen and oxygen atoms in total. The van der Waals surface area contributed by atoms with Crippen LogP contribution in [0, 0.1) is 11.2 Å². The largest absolute Gasteiger partial charge is 0.381 e. The molecule has 0 unspecified atom stereocenters. The molecule has 0 bridgehead atoms. The van der Waals surface area contributed by atoms with Crippen molar-refractivity contribution >= 4 is 5.91 Å². The van der Waals surface area contributed by atoms with Gasteiger partial charge in [-0.25, -0.2) is 4.39 Å². The molecule has 5 heteroatoms. The third kappa shape index (κ3) is 2.88. The number of carbonyl (C=O) groups is 1. The molecule has 1 saturated carbocycles. The normalized spacial score (nSPS) is 22.1. The summed E-state index contributed by atoms with van der Waals surface area (Å²) in [5.41, 5.74) is 6.23. The number of halogens is 1. The lowest BCUT2D eigenvalue weighted by molar-refractivity contribution is -0.136. The van der Waals surface area contributed by atoms with Crippen LogP contribution in [0.15, 0.2) is 24.3 Å². The Morgan fingerprint density at radius 1 is 1.27 bits per heavy atom. The number of nitrogens with one attached hydrogen (secondary N) is 1. The SMILES string of the molecule is NCC1(C(=O)NCC2(c3cccc(F)c3)CC2)CCOCC1. The maximum Gasteiger partial charge on any atom is 0.227 e. The number of hydrogen-bond acceptors (Lipinski definition) is 3. The van der Waals surface area contributed by atoms with Crippen LogP contribution >= 0.6 is 0 Å². The van der Waals surface area contributed by atoms with Crippen molar-refractivity contribution in [2.24, 2.45) is 11.1 Å². The first-order valence-electron chi connectivity index (χ1n) is 7.92. The molecule has 1 amide bonds. The van der Waals surface area contributed by atoms with Gasteiger partial charge in [0, 0.05) is 31.7 Å². The fraction of sp³-hybridized carbons (Fsp3) is 0.588. The second kappa shape index (κ2) is 5.97. The van der Waals surface area contributed by atoms with E-state index in [1.807, 2.05) is 6.07 Å². The van der Waals surface area contributed by atoms with E-state index >= 15 is 0 Å². The summed E-state index contributed by atoms with van der Waals surface area (Å²) in [6.07, 6.45) is 3.30. The van der Waals surface area contributed by atoms with Gasteiger partial charge in [0.25, 0.3) is 0 Å². The van der Waals surface area contributed by atoms with Gasteiger partial charge < -0.3 is 15.8 Å². The maximum absolute atomic E-state index is 13.4. The average molecular weight is 306 g/mol. The molecular formula is C17H23FN2O2. The van der Waals surface area contributed by atoms with Crippen LogP contribution < -0.4 is 11.1 Å². The van der Waals surface area contributed by atoms with Crippen LogP contribution in [0.5, 0.6) is 0 Å². The van der Waals surface area contributed by atoms with Gasteiger partial charge in [-0.05, 0) is 43.4 Å². The minimum Gasteiger partial charge on any atom is -0.381 e. The molecule has 2 aliphatic rings. The van der Waals surface area contributed by atoms with E-state index in [2.05, 4.69) is 5.32 Å². The molecule has 0 radical (unpaired) electrons. The topological polar surface area (TPSA) is 64.4 Å². The van der Waals surface area contributed by atoms with Gasteiger partial charge in [0.05, 0.1) is 5.41 Å². The van der Waals surface area contributed by atoms with Crippen molar-refractivity contribution in [3.63, 3.8) is 0 Å². The van der Waals surface area contributed by atoms with Gasteiger partial charge in [0.1, 0.15) is 5.82 Å². The molecule has 1 heterocycles. The van der Waals surface area contributed by atoms with Gasteiger partial charge >= 0.3 is 0 Å². The van der Waals surface area contributed by atoms with Crippen LogP contribution in [0.1, 0.15) is 31.2 Å². The summed E-state index contributed by atoms with van der Waals surface area (Å²) in [6, 6.07) is 6.69. The van der Waals surface area contributed by atoms with Gasteiger partial charge in [-0.2, -0.15) is 0 Å². The first-order chi connectivity index (χ1) is 10.6. The Bertz CT molecular complexity index is 551. The van der Waals surface area contributed by atoms with Gasteiger partial charge in [-0.1, -0.05) is 12.1 Å². The highest BCUT2D eigenvalue weighted by Crippen LogP contribution is 2.48. The fourth-order valence-corrected chi connectivity index (χ4v) is 3.26. The van der Waals surface area contributed by atoms with Crippen LogP contribution in [0.3, 0.4) is 0 Å². The molecule has 120 valence electrons. The van der Waals surface area contributed by atoms with Crippen molar-refractivity contribution in [2.45, 2.75) is 31.1 Å². The number of rotatable bonds is 5. The van der Waals surface area contributed by atoms with Crippen LogP contribution in [-0.2, 0) is 14.9 Å². The summed E-state index contributed by atoms with van der Waals surface area (Å²) in [5.74, 6) is -0.209. The highest BCUT2D eigenvalue weighted by atomic mass is 19.1. The van der Waals surface area contributed by atoms with Crippen LogP contribution in [-0.4, -0.2) is 32.2 Å². The molecule has 1 aliphatic heterocycles. The highest BCUT2D eigenvalue weighted by molar-refractivity contribution is 5.83. The van der Waals surface area contributed by atoms with Crippen molar-refractivity contribution in [3.05, 3.63) is 35.6 Å². The van der Waals surface area contributed by atoms with E-state index in [1.54, 1.807) is 12.1 Å². The summed E-state index contributed by atoms with van der Waals surface area (Å²) in [6.45, 7) is 2.06. The Morgan fingerprint density at radius 3 is 2.59 bits per heavy atom. The summed E-state index contributed by atoms with van der Waals surface area (Å²) in [4.78, 5) is 12.6. The first-order valence-corrected chi connectivity index (χ1v) is 7.92. The summed E-state index contributed by atoms with van der Waals surface area (Å²) in [7, 11) is 0. The van der Waals surface area contributed by atoms with Crippen LogP contribution in [0.25, 0.3) is 0 Å². The van der Waals surface area contributed by atoms with Crippen LogP contribution in [0.2, 0.25) is 0 Å². The minimum absolute atomic E-state index is 0.0148. The first kappa shape index (κ1) is 15.4. The molecule has 0 atom stereocenters. The predicted octanol–water partition coefficient (Wildman–Crippen LogP) is 1.73. The zero-order valence-corrected chi connectivity index (χ0v) is 12.7. The van der Waals surface area contributed by atoms with Gasteiger partial charge in [0.2, 0.25) is 5.91 Å². The minimum atomic E-state index is -0.504. The standard InChI is InChI=1S/C17H23FN2O2/c18-14-3-1-2-13(10-14)17(4-5-17)12-20-15(21)16(11-19)6-8-22-9-7-16/h1-3,10H,4-9,11-12,19H2,(H,20,21). The van der Waals surface area contributed by atoms with Crippen molar-refractivity contribution in [2.75, 3.05) is 26.3 Å². The molecule has 3 N–H and O–H groups in total. The molecule has 22 heavy (non-hydrogen) atoms. The second-order valence-corrected chi connectivity index (χ2v) is 6.57. The lowest BCUT2D eigenvalue weighted by atomic mass is 9.79. The smallest absolute Gasteiger partial charge is 0.227 e. The lowest BCUT2D eigenvalue weighted by Gasteiger charge is -2.35. The van der Waals surface area contributed by atoms with Crippen molar-refractivity contribution in [3.8, 4) is 0 Å². The average Bonchev–Trinajstić information content (AvgIpc) is 3.34. The number of hydrogen-bond donors (Lipinski definition) is 2. The van der Waals surface area contributed by atoms with Crippen LogP contribution in [0.4, 0.5) is 4.39 Å². The molecule has 0 spiro atoms. The summed E-state index contributed by atoms with van der Waals surface area (Å²) >= 11 is 0. The van der Waals surface area contributed by atoms with Gasteiger partial charge in [-0.15, -0.1) is 0 Å². The lowest BCUT2D eigenvalue weighted by Crippen LogP contribution is -2.50. The highest BCUT2D eigenvalue weighted by Gasteiger charge is 2.46. The third-order valence-electron chi connectivity index (χ3n) is 5.20. The van der Waals surface area contributed by atoms with E-state index in [0.29, 0.717) is 39.1 Å². The molecule has 0 aromatic heterocycles. The number of amides is 1. The van der Waals surface area contributed by atoms with Crippen molar-refractivity contribution < 1.29 is 13.9 Å². The van der Waals surface area contributed by atoms with E-state index in [9.17, 15) is 9.18 Å². The molecule has 1 aromatic rings. The van der Waals surface area contributed by atoms with Crippen molar-refractivity contribution in [1.82, 2.24) is 5.32 Å². The monoisotopic (exact) mass is 306 g/mol. The number of nitrogens with two attached hydrogens (primary N) is 1.